The first-order chi connectivity index (χ1) is 8.77. The first kappa shape index (κ1) is 14.4. The van der Waals surface area contributed by atoms with Crippen molar-refractivity contribution in [2.24, 2.45) is 0 Å². The van der Waals surface area contributed by atoms with Gasteiger partial charge in [-0.05, 0) is 36.4 Å². The van der Waals surface area contributed by atoms with E-state index in [2.05, 4.69) is 4.98 Å². The minimum atomic E-state index is -4.47. The van der Waals surface area contributed by atoms with Gasteiger partial charge in [0.15, 0.2) is 0 Å². The number of hydrogen-bond donors (Lipinski definition) is 0. The van der Waals surface area contributed by atoms with E-state index >= 15 is 0 Å². The van der Waals surface area contributed by atoms with Crippen LogP contribution in [0.3, 0.4) is 0 Å². The van der Waals surface area contributed by atoms with Crippen molar-refractivity contribution in [3.63, 3.8) is 0 Å². The first-order valence-corrected chi connectivity index (χ1v) is 6.67. The van der Waals surface area contributed by atoms with E-state index in [1.54, 1.807) is 10.8 Å². The van der Waals surface area contributed by atoms with Crippen LogP contribution in [-0.2, 0) is 6.54 Å². The summed E-state index contributed by atoms with van der Waals surface area (Å²) in [5.41, 5.74) is -0.242. The van der Waals surface area contributed by atoms with Gasteiger partial charge in [-0.25, -0.2) is 4.98 Å². The molecular weight excluding hydrogens is 374 g/mol. The van der Waals surface area contributed by atoms with Gasteiger partial charge < -0.3 is 4.57 Å². The molecule has 1 atom stereocenters. The fraction of sp³-hybridized carbons (Fsp3) is 0.455. The molecule has 2 aromatic rings. The average Bonchev–Trinajstić information content (AvgIpc) is 2.65. The Kier molecular flexibility index (Phi) is 3.63. The van der Waals surface area contributed by atoms with Gasteiger partial charge in [-0.1, -0.05) is 0 Å². The highest BCUT2D eigenvalue weighted by atomic mass is 127. The highest BCUT2D eigenvalue weighted by Gasteiger charge is 2.38. The summed E-state index contributed by atoms with van der Waals surface area (Å²) in [7, 11) is 0. The molecule has 0 N–H and O–H groups in total. The second kappa shape index (κ2) is 4.80. The van der Waals surface area contributed by atoms with Gasteiger partial charge in [-0.3, -0.25) is 9.36 Å². The van der Waals surface area contributed by atoms with E-state index in [0.29, 0.717) is 20.3 Å². The molecule has 0 radical (unpaired) electrons. The molecule has 0 spiro atoms. The molecule has 0 aromatic carbocycles. The SMILES string of the molecule is CCn1cc(I)c2c(=O)n(C(C)C(F)(F)F)cnc21. The molecule has 0 aliphatic carbocycles. The van der Waals surface area contributed by atoms with Crippen molar-refractivity contribution in [2.45, 2.75) is 32.6 Å². The van der Waals surface area contributed by atoms with Crippen LogP contribution >= 0.6 is 22.6 Å². The van der Waals surface area contributed by atoms with Crippen LogP contribution in [0.15, 0.2) is 17.3 Å². The molecule has 8 heteroatoms. The molecule has 2 aromatic heterocycles. The lowest BCUT2D eigenvalue weighted by Crippen LogP contribution is -2.32. The highest BCUT2D eigenvalue weighted by molar-refractivity contribution is 14.1. The maximum absolute atomic E-state index is 12.7. The zero-order valence-electron chi connectivity index (χ0n) is 10.2. The summed E-state index contributed by atoms with van der Waals surface area (Å²) in [6, 6.07) is -1.89. The largest absolute Gasteiger partial charge is 0.409 e. The molecule has 0 aliphatic heterocycles. The van der Waals surface area contributed by atoms with Gasteiger partial charge in [0.2, 0.25) is 0 Å². The molecule has 4 nitrogen and oxygen atoms in total. The van der Waals surface area contributed by atoms with Crippen LogP contribution in [0.2, 0.25) is 0 Å². The maximum atomic E-state index is 12.7. The summed E-state index contributed by atoms with van der Waals surface area (Å²) in [4.78, 5) is 16.2. The minimum absolute atomic E-state index is 0.237. The summed E-state index contributed by atoms with van der Waals surface area (Å²) in [5, 5.41) is 0.237. The van der Waals surface area contributed by atoms with Crippen molar-refractivity contribution >= 4 is 33.6 Å². The molecule has 0 amide bonds. The van der Waals surface area contributed by atoms with Crippen molar-refractivity contribution in [3.05, 3.63) is 26.4 Å². The Morgan fingerprint density at radius 1 is 1.47 bits per heavy atom. The van der Waals surface area contributed by atoms with E-state index in [1.165, 1.54) is 0 Å². The zero-order chi connectivity index (χ0) is 14.4. The predicted octanol–water partition coefficient (Wildman–Crippen LogP) is 2.95. The molecule has 2 heterocycles. The number of rotatable bonds is 2. The molecule has 2 rings (SSSR count). The molecule has 0 fully saturated rings. The Balaban J connectivity index is 2.72. The highest BCUT2D eigenvalue weighted by Crippen LogP contribution is 2.29. The lowest BCUT2D eigenvalue weighted by Gasteiger charge is -2.17. The number of hydrogen-bond acceptors (Lipinski definition) is 2. The smallest absolute Gasteiger partial charge is 0.331 e. The zero-order valence-corrected chi connectivity index (χ0v) is 12.4. The number of fused-ring (bicyclic) bond motifs is 1. The van der Waals surface area contributed by atoms with Crippen molar-refractivity contribution in [1.82, 2.24) is 14.1 Å². The van der Waals surface area contributed by atoms with Crippen LogP contribution in [0.1, 0.15) is 19.9 Å². The molecule has 0 bridgehead atoms. The fourth-order valence-electron chi connectivity index (χ4n) is 1.82. The van der Waals surface area contributed by atoms with E-state index in [9.17, 15) is 18.0 Å². The summed E-state index contributed by atoms with van der Waals surface area (Å²) in [5.74, 6) is 0. The van der Waals surface area contributed by atoms with Gasteiger partial charge in [0.1, 0.15) is 18.0 Å². The van der Waals surface area contributed by atoms with Crippen LogP contribution in [0, 0.1) is 3.57 Å². The van der Waals surface area contributed by atoms with Crippen LogP contribution < -0.4 is 5.56 Å². The topological polar surface area (TPSA) is 39.8 Å². The van der Waals surface area contributed by atoms with Crippen molar-refractivity contribution < 1.29 is 13.2 Å². The van der Waals surface area contributed by atoms with Crippen molar-refractivity contribution in [3.8, 4) is 0 Å². The second-order valence-corrected chi connectivity index (χ2v) is 5.30. The van der Waals surface area contributed by atoms with Gasteiger partial charge in [-0.2, -0.15) is 13.2 Å². The summed E-state index contributed by atoms with van der Waals surface area (Å²) < 4.78 is 41.1. The molecule has 1 unspecified atom stereocenters. The Labute approximate surface area is 120 Å². The quantitative estimate of drug-likeness (QED) is 0.746. The standard InChI is InChI=1S/C11H11F3IN3O/c1-3-17-4-7(15)8-9(17)16-5-18(10(8)19)6(2)11(12,13)14/h4-6H,3H2,1-2H3. The molecule has 0 saturated carbocycles. The monoisotopic (exact) mass is 385 g/mol. The Bertz CT molecular complexity index is 674. The number of aryl methyl sites for hydroxylation is 1. The van der Waals surface area contributed by atoms with Gasteiger partial charge >= 0.3 is 6.18 Å². The summed E-state index contributed by atoms with van der Waals surface area (Å²) in [6.45, 7) is 3.42. The fourth-order valence-corrected chi connectivity index (χ4v) is 2.63. The summed E-state index contributed by atoms with van der Waals surface area (Å²) >= 11 is 1.93. The molecule has 104 valence electrons. The Morgan fingerprint density at radius 2 is 2.11 bits per heavy atom. The Morgan fingerprint density at radius 3 is 2.63 bits per heavy atom. The Hall–Kier alpha value is -1.06. The van der Waals surface area contributed by atoms with Crippen LogP contribution in [0.25, 0.3) is 11.0 Å². The van der Waals surface area contributed by atoms with Gasteiger partial charge in [0, 0.05) is 16.3 Å². The van der Waals surface area contributed by atoms with Gasteiger partial charge in [0.05, 0.1) is 5.39 Å². The molecule has 0 aliphatic rings. The lowest BCUT2D eigenvalue weighted by molar-refractivity contribution is -0.163. The van der Waals surface area contributed by atoms with Crippen molar-refractivity contribution in [1.29, 1.82) is 0 Å². The minimum Gasteiger partial charge on any atom is -0.331 e. The van der Waals surface area contributed by atoms with Gasteiger partial charge in [0.25, 0.3) is 5.56 Å². The predicted molar refractivity (Wildman–Crippen MR) is 73.2 cm³/mol. The lowest BCUT2D eigenvalue weighted by atomic mass is 10.3. The molecular formula is C11H11F3IN3O. The van der Waals surface area contributed by atoms with Crippen LogP contribution in [-0.4, -0.2) is 20.3 Å². The third-order valence-corrected chi connectivity index (χ3v) is 3.81. The van der Waals surface area contributed by atoms with Gasteiger partial charge in [-0.15, -0.1) is 0 Å². The van der Waals surface area contributed by atoms with Crippen LogP contribution in [0.5, 0.6) is 0 Å². The number of nitrogens with zero attached hydrogens (tertiary/aromatic N) is 3. The van der Waals surface area contributed by atoms with E-state index in [4.69, 9.17) is 0 Å². The number of aromatic nitrogens is 3. The van der Waals surface area contributed by atoms with E-state index in [-0.39, 0.29) is 5.39 Å². The maximum Gasteiger partial charge on any atom is 0.409 e. The first-order valence-electron chi connectivity index (χ1n) is 5.59. The van der Waals surface area contributed by atoms with E-state index < -0.39 is 17.8 Å². The van der Waals surface area contributed by atoms with E-state index in [0.717, 1.165) is 13.3 Å². The van der Waals surface area contributed by atoms with E-state index in [1.807, 2.05) is 29.5 Å². The third kappa shape index (κ3) is 2.37. The second-order valence-electron chi connectivity index (χ2n) is 4.14. The summed E-state index contributed by atoms with van der Waals surface area (Å²) in [6.07, 6.45) is -1.80. The number of halogens is 4. The molecule has 0 saturated heterocycles. The van der Waals surface area contributed by atoms with Crippen molar-refractivity contribution in [2.75, 3.05) is 0 Å². The third-order valence-electron chi connectivity index (χ3n) is 2.99. The van der Waals surface area contributed by atoms with Crippen LogP contribution in [0.4, 0.5) is 13.2 Å². The molecule has 19 heavy (non-hydrogen) atoms. The average molecular weight is 385 g/mol. The normalized spacial score (nSPS) is 14.0. The number of alkyl halides is 3.